The minimum Gasteiger partial charge on any atom is -0.496 e. The number of halogens is 1. The van der Waals surface area contributed by atoms with Gasteiger partial charge >= 0.3 is 0 Å². The van der Waals surface area contributed by atoms with E-state index >= 15 is 0 Å². The highest BCUT2D eigenvalue weighted by molar-refractivity contribution is 7.89. The van der Waals surface area contributed by atoms with E-state index in [1.54, 1.807) is 23.1 Å². The van der Waals surface area contributed by atoms with Crippen molar-refractivity contribution in [1.29, 1.82) is 0 Å². The summed E-state index contributed by atoms with van der Waals surface area (Å²) in [5, 5.41) is 0.461. The fourth-order valence-electron chi connectivity index (χ4n) is 3.10. The Hall–Kier alpha value is -2.13. The highest BCUT2D eigenvalue weighted by atomic mass is 35.5. The predicted octanol–water partition coefficient (Wildman–Crippen LogP) is 2.64. The molecule has 0 aliphatic carbocycles. The number of hydrogen-bond donors (Lipinski definition) is 0. The van der Waals surface area contributed by atoms with E-state index in [9.17, 15) is 13.2 Å². The molecule has 1 aliphatic rings. The van der Waals surface area contributed by atoms with Crippen molar-refractivity contribution in [3.05, 3.63) is 58.6 Å². The largest absolute Gasteiger partial charge is 0.496 e. The van der Waals surface area contributed by atoms with Crippen molar-refractivity contribution in [2.24, 2.45) is 0 Å². The number of carbonyl (C=O) groups excluding carboxylic acids is 1. The molecule has 29 heavy (non-hydrogen) atoms. The standard InChI is InChI=1S/C20H23ClN2O5S/c1-22(29(25,26)18-6-4-17(21)5-7-18)14-16-13-15(3-8-19(16)27-2)20(24)23-9-11-28-12-10-23/h3-8,13H,9-12,14H2,1-2H3. The third kappa shape index (κ3) is 4.90. The van der Waals surface area contributed by atoms with Crippen LogP contribution in [0.25, 0.3) is 0 Å². The number of rotatable bonds is 6. The molecule has 156 valence electrons. The van der Waals surface area contributed by atoms with E-state index in [2.05, 4.69) is 0 Å². The van der Waals surface area contributed by atoms with Crippen LogP contribution in [-0.2, 0) is 21.3 Å². The van der Waals surface area contributed by atoms with Crippen LogP contribution < -0.4 is 4.74 Å². The fraction of sp³-hybridized carbons (Fsp3) is 0.350. The smallest absolute Gasteiger partial charge is 0.254 e. The van der Waals surface area contributed by atoms with Crippen molar-refractivity contribution in [2.45, 2.75) is 11.4 Å². The number of benzene rings is 2. The van der Waals surface area contributed by atoms with Crippen LogP contribution in [-0.4, -0.2) is 64.0 Å². The number of methoxy groups -OCH3 is 1. The molecule has 0 aromatic heterocycles. The average molecular weight is 439 g/mol. The first kappa shape index (κ1) is 21.6. The number of morpholine rings is 1. The molecule has 1 fully saturated rings. The fourth-order valence-corrected chi connectivity index (χ4v) is 4.37. The molecule has 7 nitrogen and oxygen atoms in total. The van der Waals surface area contributed by atoms with Gasteiger partial charge in [0.15, 0.2) is 0 Å². The lowest BCUT2D eigenvalue weighted by Gasteiger charge is -2.27. The Balaban J connectivity index is 1.85. The summed E-state index contributed by atoms with van der Waals surface area (Å²) in [6.07, 6.45) is 0. The first-order chi connectivity index (χ1) is 13.8. The van der Waals surface area contributed by atoms with Crippen LogP contribution in [0.2, 0.25) is 5.02 Å². The van der Waals surface area contributed by atoms with E-state index in [0.717, 1.165) is 0 Å². The number of nitrogens with zero attached hydrogens (tertiary/aromatic N) is 2. The zero-order valence-electron chi connectivity index (χ0n) is 16.3. The summed E-state index contributed by atoms with van der Waals surface area (Å²) >= 11 is 5.85. The molecule has 1 aliphatic heterocycles. The molecular weight excluding hydrogens is 416 g/mol. The molecule has 1 saturated heterocycles. The Kier molecular flexibility index (Phi) is 6.79. The summed E-state index contributed by atoms with van der Waals surface area (Å²) in [5.41, 5.74) is 1.09. The lowest BCUT2D eigenvalue weighted by Crippen LogP contribution is -2.40. The maximum Gasteiger partial charge on any atom is 0.254 e. The van der Waals surface area contributed by atoms with E-state index in [1.165, 1.54) is 42.7 Å². The highest BCUT2D eigenvalue weighted by Crippen LogP contribution is 2.25. The minimum atomic E-state index is -3.73. The second kappa shape index (κ2) is 9.13. The SMILES string of the molecule is COc1ccc(C(=O)N2CCOCC2)cc1CN(C)S(=O)(=O)c1ccc(Cl)cc1. The second-order valence-electron chi connectivity index (χ2n) is 6.65. The number of ether oxygens (including phenoxy) is 2. The molecule has 1 heterocycles. The number of hydrogen-bond acceptors (Lipinski definition) is 5. The molecule has 0 N–H and O–H groups in total. The zero-order valence-corrected chi connectivity index (χ0v) is 17.9. The first-order valence-electron chi connectivity index (χ1n) is 9.09. The van der Waals surface area contributed by atoms with Crippen LogP contribution in [0, 0.1) is 0 Å². The Labute approximate surface area is 175 Å². The molecule has 0 atom stereocenters. The molecule has 0 unspecified atom stereocenters. The van der Waals surface area contributed by atoms with Gasteiger partial charge in [0.2, 0.25) is 10.0 Å². The molecule has 2 aromatic carbocycles. The third-order valence-corrected chi connectivity index (χ3v) is 6.81. The normalized spacial score (nSPS) is 14.8. The highest BCUT2D eigenvalue weighted by Gasteiger charge is 2.24. The molecule has 0 radical (unpaired) electrons. The van der Waals surface area contributed by atoms with Gasteiger partial charge in [-0.2, -0.15) is 4.31 Å². The van der Waals surface area contributed by atoms with E-state index in [1.807, 2.05) is 0 Å². The topological polar surface area (TPSA) is 76.2 Å². The van der Waals surface area contributed by atoms with Crippen molar-refractivity contribution in [1.82, 2.24) is 9.21 Å². The Morgan fingerprint density at radius 3 is 2.45 bits per heavy atom. The second-order valence-corrected chi connectivity index (χ2v) is 9.13. The molecular formula is C20H23ClN2O5S. The van der Waals surface area contributed by atoms with Gasteiger partial charge in [-0.25, -0.2) is 8.42 Å². The van der Waals surface area contributed by atoms with Crippen molar-refractivity contribution >= 4 is 27.5 Å². The van der Waals surface area contributed by atoms with Crippen LogP contribution in [0.4, 0.5) is 0 Å². The maximum atomic E-state index is 12.9. The van der Waals surface area contributed by atoms with Gasteiger partial charge < -0.3 is 14.4 Å². The van der Waals surface area contributed by atoms with Crippen molar-refractivity contribution < 1.29 is 22.7 Å². The van der Waals surface area contributed by atoms with E-state index in [0.29, 0.717) is 48.2 Å². The molecule has 0 bridgehead atoms. The van der Waals surface area contributed by atoms with Gasteiger partial charge in [0, 0.05) is 42.8 Å². The lowest BCUT2D eigenvalue weighted by atomic mass is 10.1. The van der Waals surface area contributed by atoms with Crippen LogP contribution in [0.3, 0.4) is 0 Å². The van der Waals surface area contributed by atoms with Crippen LogP contribution in [0.1, 0.15) is 15.9 Å². The molecule has 1 amide bonds. The molecule has 0 saturated carbocycles. The van der Waals surface area contributed by atoms with Crippen molar-refractivity contribution in [2.75, 3.05) is 40.5 Å². The summed E-state index contributed by atoms with van der Waals surface area (Å²) in [6, 6.07) is 11.0. The lowest BCUT2D eigenvalue weighted by molar-refractivity contribution is 0.0303. The monoisotopic (exact) mass is 438 g/mol. The van der Waals surface area contributed by atoms with Gasteiger partial charge in [-0.1, -0.05) is 11.6 Å². The summed E-state index contributed by atoms with van der Waals surface area (Å²) in [6.45, 7) is 2.14. The van der Waals surface area contributed by atoms with Gasteiger partial charge in [0.1, 0.15) is 5.75 Å². The average Bonchev–Trinajstić information content (AvgIpc) is 2.74. The predicted molar refractivity (Wildman–Crippen MR) is 110 cm³/mol. The van der Waals surface area contributed by atoms with Gasteiger partial charge in [-0.3, -0.25) is 4.79 Å². The minimum absolute atomic E-state index is 0.0539. The summed E-state index contributed by atoms with van der Waals surface area (Å²) in [4.78, 5) is 14.6. The van der Waals surface area contributed by atoms with Crippen LogP contribution >= 0.6 is 11.6 Å². The third-order valence-electron chi connectivity index (χ3n) is 4.74. The van der Waals surface area contributed by atoms with Gasteiger partial charge in [-0.15, -0.1) is 0 Å². The van der Waals surface area contributed by atoms with Crippen molar-refractivity contribution in [3.8, 4) is 5.75 Å². The van der Waals surface area contributed by atoms with Gasteiger partial charge in [0.25, 0.3) is 5.91 Å². The summed E-state index contributed by atoms with van der Waals surface area (Å²) in [7, 11) is -0.729. The first-order valence-corrected chi connectivity index (χ1v) is 10.9. The quantitative estimate of drug-likeness (QED) is 0.693. The zero-order chi connectivity index (χ0) is 21.0. The Bertz CT molecular complexity index is 973. The molecule has 0 spiro atoms. The van der Waals surface area contributed by atoms with Gasteiger partial charge in [-0.05, 0) is 42.5 Å². The van der Waals surface area contributed by atoms with Crippen LogP contribution in [0.5, 0.6) is 5.75 Å². The summed E-state index contributed by atoms with van der Waals surface area (Å²) in [5.74, 6) is 0.405. The van der Waals surface area contributed by atoms with Crippen molar-refractivity contribution in [3.63, 3.8) is 0 Å². The maximum absolute atomic E-state index is 12.9. The molecule has 3 rings (SSSR count). The Morgan fingerprint density at radius 1 is 1.17 bits per heavy atom. The summed E-state index contributed by atoms with van der Waals surface area (Å²) < 4.78 is 37.6. The molecule has 2 aromatic rings. The number of amides is 1. The van der Waals surface area contributed by atoms with E-state index < -0.39 is 10.0 Å². The van der Waals surface area contributed by atoms with E-state index in [4.69, 9.17) is 21.1 Å². The number of carbonyl (C=O) groups is 1. The van der Waals surface area contributed by atoms with E-state index in [-0.39, 0.29) is 17.3 Å². The number of sulfonamides is 1. The van der Waals surface area contributed by atoms with Gasteiger partial charge in [0.05, 0.1) is 25.2 Å². The molecule has 9 heteroatoms. The van der Waals surface area contributed by atoms with Crippen LogP contribution in [0.15, 0.2) is 47.4 Å². The Morgan fingerprint density at radius 2 is 1.83 bits per heavy atom.